The molecular weight excluding hydrogens is 220 g/mol. The smallest absolute Gasteiger partial charge is 0.0644 e. The van der Waals surface area contributed by atoms with Gasteiger partial charge < -0.3 is 10.6 Å². The maximum atomic E-state index is 6.16. The first-order valence-electron chi connectivity index (χ1n) is 6.16. The molecule has 0 saturated carbocycles. The molecule has 0 saturated heterocycles. The molecule has 0 amide bonds. The third-order valence-corrected chi connectivity index (χ3v) is 3.26. The molecule has 18 heavy (non-hydrogen) atoms. The molecule has 2 heteroatoms. The van der Waals surface area contributed by atoms with Gasteiger partial charge in [-0.2, -0.15) is 0 Å². The average molecular weight is 240 g/mol. The SMILES string of the molecule is Cc1cc(C)cc(N(C)c2cccc(C)c2N)c1. The second-order valence-corrected chi connectivity index (χ2v) is 4.91. The van der Waals surface area contributed by atoms with Gasteiger partial charge in [-0.05, 0) is 55.7 Å². The highest BCUT2D eigenvalue weighted by Crippen LogP contribution is 2.31. The van der Waals surface area contributed by atoms with Gasteiger partial charge in [-0.25, -0.2) is 0 Å². The van der Waals surface area contributed by atoms with Crippen LogP contribution >= 0.6 is 0 Å². The van der Waals surface area contributed by atoms with Gasteiger partial charge in [0, 0.05) is 12.7 Å². The lowest BCUT2D eigenvalue weighted by atomic mass is 10.1. The molecule has 0 bridgehead atoms. The Labute approximate surface area is 109 Å². The van der Waals surface area contributed by atoms with Crippen molar-refractivity contribution in [2.45, 2.75) is 20.8 Å². The molecule has 2 nitrogen and oxygen atoms in total. The topological polar surface area (TPSA) is 29.3 Å². The molecule has 94 valence electrons. The summed E-state index contributed by atoms with van der Waals surface area (Å²) in [6.45, 7) is 6.27. The largest absolute Gasteiger partial charge is 0.397 e. The van der Waals surface area contributed by atoms with Crippen LogP contribution in [0.2, 0.25) is 0 Å². The predicted octanol–water partition coefficient (Wildman–Crippen LogP) is 3.96. The van der Waals surface area contributed by atoms with Crippen molar-refractivity contribution in [1.29, 1.82) is 0 Å². The molecule has 0 spiro atoms. The van der Waals surface area contributed by atoms with E-state index in [1.807, 2.05) is 19.1 Å². The fourth-order valence-corrected chi connectivity index (χ4v) is 2.24. The molecule has 0 aliphatic rings. The highest BCUT2D eigenvalue weighted by Gasteiger charge is 2.09. The zero-order valence-corrected chi connectivity index (χ0v) is 11.5. The van der Waals surface area contributed by atoms with Crippen LogP contribution in [0, 0.1) is 20.8 Å². The Morgan fingerprint density at radius 3 is 2.17 bits per heavy atom. The van der Waals surface area contributed by atoms with Crippen molar-refractivity contribution in [3.8, 4) is 0 Å². The number of hydrogen-bond donors (Lipinski definition) is 1. The van der Waals surface area contributed by atoms with E-state index < -0.39 is 0 Å². The van der Waals surface area contributed by atoms with Gasteiger partial charge >= 0.3 is 0 Å². The van der Waals surface area contributed by atoms with Gasteiger partial charge in [-0.3, -0.25) is 0 Å². The summed E-state index contributed by atoms with van der Waals surface area (Å²) in [4.78, 5) is 2.14. The number of aryl methyl sites for hydroxylation is 3. The third-order valence-electron chi connectivity index (χ3n) is 3.26. The summed E-state index contributed by atoms with van der Waals surface area (Å²) in [7, 11) is 2.05. The minimum Gasteiger partial charge on any atom is -0.397 e. The Morgan fingerprint density at radius 2 is 1.56 bits per heavy atom. The van der Waals surface area contributed by atoms with Crippen LogP contribution in [-0.4, -0.2) is 7.05 Å². The van der Waals surface area contributed by atoms with Crippen LogP contribution in [0.1, 0.15) is 16.7 Å². The summed E-state index contributed by atoms with van der Waals surface area (Å²) in [5.74, 6) is 0. The van der Waals surface area contributed by atoms with Crippen molar-refractivity contribution in [1.82, 2.24) is 0 Å². The molecule has 0 aliphatic carbocycles. The maximum Gasteiger partial charge on any atom is 0.0644 e. The summed E-state index contributed by atoms with van der Waals surface area (Å²) in [5.41, 5.74) is 12.9. The van der Waals surface area contributed by atoms with E-state index in [0.29, 0.717) is 0 Å². The first kappa shape index (κ1) is 12.5. The van der Waals surface area contributed by atoms with Crippen molar-refractivity contribution in [3.63, 3.8) is 0 Å². The molecule has 2 rings (SSSR count). The molecule has 0 unspecified atom stereocenters. The summed E-state index contributed by atoms with van der Waals surface area (Å²) in [6.07, 6.45) is 0. The van der Waals surface area contributed by atoms with Crippen molar-refractivity contribution < 1.29 is 0 Å². The summed E-state index contributed by atoms with van der Waals surface area (Å²) < 4.78 is 0. The summed E-state index contributed by atoms with van der Waals surface area (Å²) in [6, 6.07) is 12.7. The van der Waals surface area contributed by atoms with Crippen molar-refractivity contribution >= 4 is 17.1 Å². The van der Waals surface area contributed by atoms with E-state index in [4.69, 9.17) is 5.73 Å². The Hall–Kier alpha value is -1.96. The molecule has 0 aliphatic heterocycles. The van der Waals surface area contributed by atoms with Crippen LogP contribution in [0.4, 0.5) is 17.1 Å². The molecule has 2 aromatic carbocycles. The second-order valence-electron chi connectivity index (χ2n) is 4.91. The number of nitrogens with zero attached hydrogens (tertiary/aromatic N) is 1. The molecule has 2 aromatic rings. The van der Waals surface area contributed by atoms with Gasteiger partial charge in [0.25, 0.3) is 0 Å². The lowest BCUT2D eigenvalue weighted by Crippen LogP contribution is -2.12. The van der Waals surface area contributed by atoms with Crippen molar-refractivity contribution in [2.75, 3.05) is 17.7 Å². The van der Waals surface area contributed by atoms with E-state index in [2.05, 4.69) is 50.1 Å². The molecule has 0 aromatic heterocycles. The molecule has 0 fully saturated rings. The Bertz CT molecular complexity index is 553. The first-order valence-corrected chi connectivity index (χ1v) is 6.16. The number of hydrogen-bond acceptors (Lipinski definition) is 2. The van der Waals surface area contributed by atoms with Gasteiger partial charge in [-0.1, -0.05) is 18.2 Å². The van der Waals surface area contributed by atoms with E-state index >= 15 is 0 Å². The highest BCUT2D eigenvalue weighted by atomic mass is 15.1. The first-order chi connectivity index (χ1) is 8.49. The van der Waals surface area contributed by atoms with Gasteiger partial charge in [0.05, 0.1) is 11.4 Å². The third kappa shape index (κ3) is 2.33. The molecule has 0 atom stereocenters. The highest BCUT2D eigenvalue weighted by molar-refractivity contribution is 5.76. The fraction of sp³-hybridized carbons (Fsp3) is 0.250. The molecule has 2 N–H and O–H groups in total. The number of nitrogens with two attached hydrogens (primary N) is 1. The quantitative estimate of drug-likeness (QED) is 0.805. The van der Waals surface area contributed by atoms with Crippen LogP contribution in [-0.2, 0) is 0 Å². The average Bonchev–Trinajstić information content (AvgIpc) is 2.30. The number of para-hydroxylation sites is 1. The number of rotatable bonds is 2. The number of nitrogen functional groups attached to an aromatic ring is 1. The van der Waals surface area contributed by atoms with Crippen LogP contribution < -0.4 is 10.6 Å². The van der Waals surface area contributed by atoms with Gasteiger partial charge in [0.1, 0.15) is 0 Å². The molecular formula is C16H20N2. The summed E-state index contributed by atoms with van der Waals surface area (Å²) in [5, 5.41) is 0. The Kier molecular flexibility index (Phi) is 3.28. The lowest BCUT2D eigenvalue weighted by molar-refractivity contribution is 1.19. The van der Waals surface area contributed by atoms with Crippen molar-refractivity contribution in [2.24, 2.45) is 0 Å². The maximum absolute atomic E-state index is 6.16. The standard InChI is InChI=1S/C16H20N2/c1-11-8-12(2)10-14(9-11)18(4)15-7-5-6-13(3)16(15)17/h5-10H,17H2,1-4H3. The molecule has 0 heterocycles. The van der Waals surface area contributed by atoms with Crippen LogP contribution in [0.3, 0.4) is 0 Å². The van der Waals surface area contributed by atoms with E-state index in [0.717, 1.165) is 16.9 Å². The zero-order chi connectivity index (χ0) is 13.3. The Morgan fingerprint density at radius 1 is 0.944 bits per heavy atom. The Balaban J connectivity index is 2.47. The van der Waals surface area contributed by atoms with E-state index in [1.54, 1.807) is 0 Å². The van der Waals surface area contributed by atoms with E-state index in [-0.39, 0.29) is 0 Å². The molecule has 0 radical (unpaired) electrons. The second kappa shape index (κ2) is 4.73. The van der Waals surface area contributed by atoms with Crippen molar-refractivity contribution in [3.05, 3.63) is 53.1 Å². The number of anilines is 3. The predicted molar refractivity (Wildman–Crippen MR) is 79.6 cm³/mol. The summed E-state index contributed by atoms with van der Waals surface area (Å²) >= 11 is 0. The zero-order valence-electron chi connectivity index (χ0n) is 11.5. The monoisotopic (exact) mass is 240 g/mol. The van der Waals surface area contributed by atoms with Gasteiger partial charge in [0.15, 0.2) is 0 Å². The minimum absolute atomic E-state index is 0.846. The minimum atomic E-state index is 0.846. The normalized spacial score (nSPS) is 10.4. The van der Waals surface area contributed by atoms with E-state index in [1.165, 1.54) is 16.8 Å². The van der Waals surface area contributed by atoms with Crippen LogP contribution in [0.15, 0.2) is 36.4 Å². The lowest BCUT2D eigenvalue weighted by Gasteiger charge is -2.23. The van der Waals surface area contributed by atoms with Gasteiger partial charge in [-0.15, -0.1) is 0 Å². The van der Waals surface area contributed by atoms with Gasteiger partial charge in [0.2, 0.25) is 0 Å². The van der Waals surface area contributed by atoms with Crippen LogP contribution in [0.25, 0.3) is 0 Å². The number of benzene rings is 2. The van der Waals surface area contributed by atoms with Crippen LogP contribution in [0.5, 0.6) is 0 Å². The van der Waals surface area contributed by atoms with E-state index in [9.17, 15) is 0 Å². The fourth-order valence-electron chi connectivity index (χ4n) is 2.24.